The molecule has 1 amide bonds. The smallest absolute Gasteiger partial charge is 0.261 e. The summed E-state index contributed by atoms with van der Waals surface area (Å²) in [5.41, 5.74) is 4.14. The number of imidazole rings is 1. The molecule has 4 rings (SSSR count). The third-order valence-corrected chi connectivity index (χ3v) is 4.07. The zero-order valence-electron chi connectivity index (χ0n) is 13.8. The van der Waals surface area contributed by atoms with E-state index in [1.54, 1.807) is 11.6 Å². The number of hydrogen-bond acceptors (Lipinski definition) is 4. The van der Waals surface area contributed by atoms with Crippen LogP contribution in [0.25, 0.3) is 21.9 Å². The SMILES string of the molecule is Cc1nc2ccccc2n1NC(=O)Cn1cnc2ccc(F)cc2c1=O. The monoisotopic (exact) mass is 351 g/mol. The van der Waals surface area contributed by atoms with Crippen LogP contribution in [-0.4, -0.2) is 25.1 Å². The number of hydrogen-bond donors (Lipinski definition) is 1. The molecule has 2 heterocycles. The fourth-order valence-electron chi connectivity index (χ4n) is 2.85. The summed E-state index contributed by atoms with van der Waals surface area (Å²) in [4.78, 5) is 33.3. The van der Waals surface area contributed by atoms with Gasteiger partial charge in [-0.3, -0.25) is 19.6 Å². The third kappa shape index (κ3) is 2.71. The third-order valence-electron chi connectivity index (χ3n) is 4.07. The molecule has 4 aromatic rings. The number of halogens is 1. The molecule has 0 aliphatic rings. The molecule has 7 nitrogen and oxygen atoms in total. The zero-order chi connectivity index (χ0) is 18.3. The molecule has 2 aromatic carbocycles. The summed E-state index contributed by atoms with van der Waals surface area (Å²) in [6.07, 6.45) is 1.28. The molecule has 26 heavy (non-hydrogen) atoms. The van der Waals surface area contributed by atoms with Gasteiger partial charge in [0.15, 0.2) is 0 Å². The van der Waals surface area contributed by atoms with Gasteiger partial charge in [-0.05, 0) is 37.3 Å². The van der Waals surface area contributed by atoms with Gasteiger partial charge in [-0.2, -0.15) is 0 Å². The summed E-state index contributed by atoms with van der Waals surface area (Å²) >= 11 is 0. The van der Waals surface area contributed by atoms with Gasteiger partial charge >= 0.3 is 0 Å². The van der Waals surface area contributed by atoms with Crippen LogP contribution < -0.4 is 11.0 Å². The van der Waals surface area contributed by atoms with E-state index in [1.807, 2.05) is 24.3 Å². The van der Waals surface area contributed by atoms with Gasteiger partial charge in [0.25, 0.3) is 11.5 Å². The van der Waals surface area contributed by atoms with E-state index in [4.69, 9.17) is 0 Å². The van der Waals surface area contributed by atoms with E-state index in [1.165, 1.54) is 18.5 Å². The summed E-state index contributed by atoms with van der Waals surface area (Å²) in [6, 6.07) is 11.2. The molecule has 130 valence electrons. The van der Waals surface area contributed by atoms with E-state index in [0.717, 1.165) is 21.7 Å². The number of amides is 1. The van der Waals surface area contributed by atoms with Gasteiger partial charge in [0.2, 0.25) is 0 Å². The molecule has 0 aliphatic carbocycles. The minimum absolute atomic E-state index is 0.129. The number of aromatic nitrogens is 4. The highest BCUT2D eigenvalue weighted by atomic mass is 19.1. The Morgan fingerprint density at radius 2 is 2.00 bits per heavy atom. The van der Waals surface area contributed by atoms with E-state index in [0.29, 0.717) is 11.3 Å². The standard InChI is InChI=1S/C18H14FN5O2/c1-11-21-15-4-2-3-5-16(15)24(11)22-17(25)9-23-10-20-14-7-6-12(19)8-13(14)18(23)26/h2-8,10H,9H2,1H3,(H,22,25). The average molecular weight is 351 g/mol. The predicted molar refractivity (Wildman–Crippen MR) is 94.8 cm³/mol. The Morgan fingerprint density at radius 1 is 1.19 bits per heavy atom. The van der Waals surface area contributed by atoms with Gasteiger partial charge in [-0.25, -0.2) is 19.0 Å². The molecule has 0 unspecified atom stereocenters. The van der Waals surface area contributed by atoms with Crippen LogP contribution in [0, 0.1) is 12.7 Å². The number of nitrogens with zero attached hydrogens (tertiary/aromatic N) is 4. The lowest BCUT2D eigenvalue weighted by molar-refractivity contribution is -0.117. The summed E-state index contributed by atoms with van der Waals surface area (Å²) in [5.74, 6) is -0.333. The zero-order valence-corrected chi connectivity index (χ0v) is 13.8. The van der Waals surface area contributed by atoms with Crippen LogP contribution in [0.1, 0.15) is 5.82 Å². The minimum atomic E-state index is -0.529. The van der Waals surface area contributed by atoms with Crippen molar-refractivity contribution in [3.05, 3.63) is 70.8 Å². The quantitative estimate of drug-likeness (QED) is 0.612. The minimum Gasteiger partial charge on any atom is -0.289 e. The molecule has 0 radical (unpaired) electrons. The maximum Gasteiger partial charge on any atom is 0.261 e. The molecule has 1 N–H and O–H groups in total. The van der Waals surface area contributed by atoms with Crippen molar-refractivity contribution in [1.82, 2.24) is 19.2 Å². The van der Waals surface area contributed by atoms with Crippen molar-refractivity contribution in [2.45, 2.75) is 13.5 Å². The molecule has 0 saturated carbocycles. The van der Waals surface area contributed by atoms with Crippen LogP contribution in [0.2, 0.25) is 0 Å². The number of benzene rings is 2. The number of para-hydroxylation sites is 2. The summed E-state index contributed by atoms with van der Waals surface area (Å²) in [6.45, 7) is 1.52. The van der Waals surface area contributed by atoms with Crippen LogP contribution >= 0.6 is 0 Å². The van der Waals surface area contributed by atoms with Crippen molar-refractivity contribution in [2.24, 2.45) is 0 Å². The van der Waals surface area contributed by atoms with Crippen LogP contribution in [0.15, 0.2) is 53.6 Å². The second-order valence-electron chi connectivity index (χ2n) is 5.86. The normalized spacial score (nSPS) is 11.2. The number of rotatable bonds is 3. The first-order valence-electron chi connectivity index (χ1n) is 7.91. The summed E-state index contributed by atoms with van der Waals surface area (Å²) < 4.78 is 16.1. The maximum atomic E-state index is 13.4. The molecule has 0 atom stereocenters. The largest absolute Gasteiger partial charge is 0.289 e. The molecule has 0 bridgehead atoms. The first-order chi connectivity index (χ1) is 12.5. The Bertz CT molecular complexity index is 1210. The topological polar surface area (TPSA) is 81.8 Å². The highest BCUT2D eigenvalue weighted by molar-refractivity contribution is 5.87. The Hall–Kier alpha value is -3.55. The Morgan fingerprint density at radius 3 is 2.85 bits per heavy atom. The Kier molecular flexibility index (Phi) is 3.72. The highest BCUT2D eigenvalue weighted by Gasteiger charge is 2.12. The van der Waals surface area contributed by atoms with Gasteiger partial charge in [-0.1, -0.05) is 12.1 Å². The number of fused-ring (bicyclic) bond motifs is 2. The van der Waals surface area contributed by atoms with Crippen LogP contribution in [-0.2, 0) is 11.3 Å². The van der Waals surface area contributed by atoms with Gasteiger partial charge in [0.1, 0.15) is 18.2 Å². The second-order valence-corrected chi connectivity index (χ2v) is 5.86. The van der Waals surface area contributed by atoms with Gasteiger partial charge < -0.3 is 0 Å². The number of carbonyl (C=O) groups excluding carboxylic acids is 1. The number of carbonyl (C=O) groups is 1. The summed E-state index contributed by atoms with van der Waals surface area (Å²) in [7, 11) is 0. The van der Waals surface area contributed by atoms with Crippen molar-refractivity contribution in [3.63, 3.8) is 0 Å². The molecule has 0 saturated heterocycles. The first kappa shape index (κ1) is 15.9. The lowest BCUT2D eigenvalue weighted by Crippen LogP contribution is -2.32. The maximum absolute atomic E-state index is 13.4. The number of nitrogens with one attached hydrogen (secondary N) is 1. The molecular formula is C18H14FN5O2. The predicted octanol–water partition coefficient (Wildman–Crippen LogP) is 1.96. The van der Waals surface area contributed by atoms with Crippen molar-refractivity contribution in [1.29, 1.82) is 0 Å². The van der Waals surface area contributed by atoms with E-state index in [-0.39, 0.29) is 11.9 Å². The Labute approximate surface area is 146 Å². The van der Waals surface area contributed by atoms with Crippen molar-refractivity contribution in [3.8, 4) is 0 Å². The summed E-state index contributed by atoms with van der Waals surface area (Å²) in [5, 5.41) is 0.129. The molecule has 8 heteroatoms. The first-order valence-corrected chi connectivity index (χ1v) is 7.91. The molecule has 2 aromatic heterocycles. The molecule has 0 aliphatic heterocycles. The van der Waals surface area contributed by atoms with Crippen LogP contribution in [0.3, 0.4) is 0 Å². The molecule has 0 spiro atoms. The average Bonchev–Trinajstić information content (AvgIpc) is 2.93. The van der Waals surface area contributed by atoms with E-state index < -0.39 is 17.3 Å². The van der Waals surface area contributed by atoms with Gasteiger partial charge in [0, 0.05) is 0 Å². The fourth-order valence-corrected chi connectivity index (χ4v) is 2.85. The molecule has 0 fully saturated rings. The lowest BCUT2D eigenvalue weighted by atomic mass is 10.2. The van der Waals surface area contributed by atoms with Crippen LogP contribution in [0.5, 0.6) is 0 Å². The van der Waals surface area contributed by atoms with Crippen molar-refractivity contribution >= 4 is 27.8 Å². The van der Waals surface area contributed by atoms with Crippen LogP contribution in [0.4, 0.5) is 4.39 Å². The van der Waals surface area contributed by atoms with Crippen molar-refractivity contribution < 1.29 is 9.18 Å². The Balaban J connectivity index is 1.64. The van der Waals surface area contributed by atoms with E-state index in [2.05, 4.69) is 15.4 Å². The van der Waals surface area contributed by atoms with Gasteiger partial charge in [0.05, 0.1) is 28.3 Å². The van der Waals surface area contributed by atoms with Crippen molar-refractivity contribution in [2.75, 3.05) is 5.43 Å². The molecular weight excluding hydrogens is 337 g/mol. The van der Waals surface area contributed by atoms with E-state index in [9.17, 15) is 14.0 Å². The van der Waals surface area contributed by atoms with Gasteiger partial charge in [-0.15, -0.1) is 0 Å². The second kappa shape index (κ2) is 6.07. The lowest BCUT2D eigenvalue weighted by Gasteiger charge is -2.10. The number of aryl methyl sites for hydroxylation is 1. The van der Waals surface area contributed by atoms with E-state index >= 15 is 0 Å². The highest BCUT2D eigenvalue weighted by Crippen LogP contribution is 2.13. The fraction of sp³-hybridized carbons (Fsp3) is 0.111.